The second-order valence-electron chi connectivity index (χ2n) is 4.15. The molecule has 0 aliphatic heterocycles. The van der Waals surface area contributed by atoms with Crippen molar-refractivity contribution < 1.29 is 23.4 Å². The van der Waals surface area contributed by atoms with Crippen LogP contribution in [0.1, 0.15) is 26.7 Å². The molecule has 0 saturated carbocycles. The van der Waals surface area contributed by atoms with Gasteiger partial charge in [-0.25, -0.2) is 0 Å². The van der Waals surface area contributed by atoms with E-state index in [9.17, 15) is 0 Å². The highest BCUT2D eigenvalue weighted by Crippen LogP contribution is 1.88. The lowest BCUT2D eigenvalue weighted by atomic mass is 10.4. The Morgan fingerprint density at radius 3 is 1.50 bits per heavy atom. The number of hydrogen-bond acceptors (Lipinski definition) is 5. The van der Waals surface area contributed by atoms with E-state index in [0.717, 1.165) is 19.1 Å². The first-order valence-corrected chi connectivity index (χ1v) is 8.69. The molecule has 0 aromatic heterocycles. The van der Waals surface area contributed by atoms with E-state index in [2.05, 4.69) is 13.8 Å². The molecule has 0 N–H and O–H groups in total. The lowest BCUT2D eigenvalue weighted by molar-refractivity contribution is -0.00471. The van der Waals surface area contributed by atoms with Gasteiger partial charge in [-0.1, -0.05) is 20.3 Å². The maximum absolute atomic E-state index is 5.38. The molecule has 0 saturated heterocycles. The molecule has 6 heteroatoms. The van der Waals surface area contributed by atoms with Crippen LogP contribution < -0.4 is 0 Å². The van der Waals surface area contributed by atoms with Gasteiger partial charge in [0.15, 0.2) is 0 Å². The minimum Gasteiger partial charge on any atom is -0.415 e. The van der Waals surface area contributed by atoms with Crippen molar-refractivity contribution in [3.05, 3.63) is 0 Å². The van der Waals surface area contributed by atoms with E-state index in [4.69, 9.17) is 23.4 Å². The van der Waals surface area contributed by atoms with Crippen LogP contribution in [0.2, 0.25) is 6.04 Å². The third kappa shape index (κ3) is 18.0. The molecule has 0 bridgehead atoms. The molecule has 0 rings (SSSR count). The predicted octanol–water partition coefficient (Wildman–Crippen LogP) is 1.93. The number of rotatable bonds is 17. The fourth-order valence-corrected chi connectivity index (χ4v) is 1.71. The van der Waals surface area contributed by atoms with Gasteiger partial charge < -0.3 is 23.4 Å². The molecule has 0 aromatic rings. The summed E-state index contributed by atoms with van der Waals surface area (Å²) < 4.78 is 26.8. The summed E-state index contributed by atoms with van der Waals surface area (Å²) in [5.41, 5.74) is 0. The molecule has 0 amide bonds. The van der Waals surface area contributed by atoms with E-state index in [0.29, 0.717) is 62.6 Å². The molecular formula is C14H30O5Si. The summed E-state index contributed by atoms with van der Waals surface area (Å²) in [7, 11) is 0.588. The molecule has 5 nitrogen and oxygen atoms in total. The first-order chi connectivity index (χ1) is 9.91. The molecule has 20 heavy (non-hydrogen) atoms. The van der Waals surface area contributed by atoms with Crippen LogP contribution in [0, 0.1) is 0 Å². The van der Waals surface area contributed by atoms with Crippen LogP contribution in [-0.2, 0) is 23.4 Å². The van der Waals surface area contributed by atoms with Gasteiger partial charge in [0, 0.05) is 6.61 Å². The lowest BCUT2D eigenvalue weighted by Gasteiger charge is -2.07. The SMILES string of the molecule is CCCCOCCOCCOCCOCCO[Si]CC. The van der Waals surface area contributed by atoms with Crippen molar-refractivity contribution >= 4 is 9.76 Å². The summed E-state index contributed by atoms with van der Waals surface area (Å²) in [6, 6.07) is 1.08. The summed E-state index contributed by atoms with van der Waals surface area (Å²) in [4.78, 5) is 0. The monoisotopic (exact) mass is 306 g/mol. The fourth-order valence-electron chi connectivity index (χ4n) is 1.28. The Balaban J connectivity index is 2.89. The highest BCUT2D eigenvalue weighted by atomic mass is 28.2. The van der Waals surface area contributed by atoms with Gasteiger partial charge in [0.2, 0.25) is 9.76 Å². The van der Waals surface area contributed by atoms with E-state index in [1.54, 1.807) is 0 Å². The summed E-state index contributed by atoms with van der Waals surface area (Å²) in [6.07, 6.45) is 2.29. The average molecular weight is 306 g/mol. The van der Waals surface area contributed by atoms with Gasteiger partial charge in [0.05, 0.1) is 52.9 Å². The molecule has 0 atom stereocenters. The van der Waals surface area contributed by atoms with Gasteiger partial charge in [-0.15, -0.1) is 0 Å². The van der Waals surface area contributed by atoms with Crippen LogP contribution in [-0.4, -0.2) is 69.2 Å². The third-order valence-electron chi connectivity index (χ3n) is 2.33. The Labute approximate surface area is 126 Å². The number of unbranched alkanes of at least 4 members (excludes halogenated alkanes) is 1. The van der Waals surface area contributed by atoms with E-state index < -0.39 is 0 Å². The van der Waals surface area contributed by atoms with Crippen LogP contribution in [0.25, 0.3) is 0 Å². The van der Waals surface area contributed by atoms with E-state index >= 15 is 0 Å². The Hall–Kier alpha value is 0.0169. The summed E-state index contributed by atoms with van der Waals surface area (Å²) in [6.45, 7) is 10.1. The molecule has 0 heterocycles. The summed E-state index contributed by atoms with van der Waals surface area (Å²) >= 11 is 0. The van der Waals surface area contributed by atoms with Crippen molar-refractivity contribution in [2.45, 2.75) is 32.7 Å². The van der Waals surface area contributed by atoms with E-state index in [1.165, 1.54) is 6.42 Å². The van der Waals surface area contributed by atoms with Crippen LogP contribution >= 0.6 is 0 Å². The predicted molar refractivity (Wildman–Crippen MR) is 80.4 cm³/mol. The molecule has 2 radical (unpaired) electrons. The molecule has 120 valence electrons. The Kier molecular flexibility index (Phi) is 19.0. The summed E-state index contributed by atoms with van der Waals surface area (Å²) in [5.74, 6) is 0. The van der Waals surface area contributed by atoms with Crippen molar-refractivity contribution in [3.8, 4) is 0 Å². The molecule has 0 spiro atoms. The summed E-state index contributed by atoms with van der Waals surface area (Å²) in [5, 5.41) is 0. The van der Waals surface area contributed by atoms with Gasteiger partial charge >= 0.3 is 0 Å². The molecular weight excluding hydrogens is 276 g/mol. The van der Waals surface area contributed by atoms with Gasteiger partial charge in [-0.3, -0.25) is 0 Å². The molecule has 0 aromatic carbocycles. The van der Waals surface area contributed by atoms with Crippen molar-refractivity contribution in [2.24, 2.45) is 0 Å². The zero-order chi connectivity index (χ0) is 14.7. The minimum absolute atomic E-state index is 0.588. The lowest BCUT2D eigenvalue weighted by Crippen LogP contribution is -2.13. The Bertz CT molecular complexity index is 154. The maximum atomic E-state index is 5.38. The van der Waals surface area contributed by atoms with Crippen molar-refractivity contribution in [1.29, 1.82) is 0 Å². The zero-order valence-electron chi connectivity index (χ0n) is 13.0. The van der Waals surface area contributed by atoms with Crippen LogP contribution in [0.5, 0.6) is 0 Å². The topological polar surface area (TPSA) is 46.2 Å². The fraction of sp³-hybridized carbons (Fsp3) is 1.00. The average Bonchev–Trinajstić information content (AvgIpc) is 2.47. The molecule has 0 fully saturated rings. The zero-order valence-corrected chi connectivity index (χ0v) is 14.0. The third-order valence-corrected chi connectivity index (χ3v) is 3.03. The van der Waals surface area contributed by atoms with Crippen molar-refractivity contribution in [2.75, 3.05) is 59.5 Å². The largest absolute Gasteiger partial charge is 0.415 e. The highest BCUT2D eigenvalue weighted by Gasteiger charge is 1.93. The highest BCUT2D eigenvalue weighted by molar-refractivity contribution is 6.26. The Morgan fingerprint density at radius 2 is 1.05 bits per heavy atom. The first-order valence-electron chi connectivity index (χ1n) is 7.57. The number of hydrogen-bond donors (Lipinski definition) is 0. The molecule has 0 aliphatic carbocycles. The van der Waals surface area contributed by atoms with Gasteiger partial charge in [0.1, 0.15) is 0 Å². The van der Waals surface area contributed by atoms with Gasteiger partial charge in [0.25, 0.3) is 0 Å². The van der Waals surface area contributed by atoms with Crippen LogP contribution in [0.4, 0.5) is 0 Å². The number of ether oxygens (including phenoxy) is 4. The second kappa shape index (κ2) is 19.0. The van der Waals surface area contributed by atoms with Crippen molar-refractivity contribution in [3.63, 3.8) is 0 Å². The normalized spacial score (nSPS) is 11.1. The smallest absolute Gasteiger partial charge is 0.229 e. The molecule has 0 unspecified atom stereocenters. The van der Waals surface area contributed by atoms with Crippen LogP contribution in [0.15, 0.2) is 0 Å². The first kappa shape index (κ1) is 20.0. The maximum Gasteiger partial charge on any atom is 0.229 e. The molecule has 0 aliphatic rings. The van der Waals surface area contributed by atoms with E-state index in [1.807, 2.05) is 0 Å². The van der Waals surface area contributed by atoms with Crippen LogP contribution in [0.3, 0.4) is 0 Å². The van der Waals surface area contributed by atoms with E-state index in [-0.39, 0.29) is 0 Å². The van der Waals surface area contributed by atoms with Crippen molar-refractivity contribution in [1.82, 2.24) is 0 Å². The standard InChI is InChI=1S/C14H30O5Si/c1-3-5-6-15-7-8-16-9-10-17-11-12-18-13-14-19-20-4-2/h3-14H2,1-2H3. The Morgan fingerprint density at radius 1 is 0.600 bits per heavy atom. The quantitative estimate of drug-likeness (QED) is 0.303. The second-order valence-corrected chi connectivity index (χ2v) is 5.43. The van der Waals surface area contributed by atoms with Gasteiger partial charge in [-0.2, -0.15) is 0 Å². The minimum atomic E-state index is 0.588. The van der Waals surface area contributed by atoms with Gasteiger partial charge in [-0.05, 0) is 12.5 Å².